The van der Waals surface area contributed by atoms with E-state index in [0.29, 0.717) is 0 Å². The van der Waals surface area contributed by atoms with Crippen molar-refractivity contribution >= 4 is 28.4 Å². The molecule has 2 nitrogen and oxygen atoms in total. The number of benzene rings is 2. The molecule has 0 fully saturated rings. The molecule has 0 bridgehead atoms. The predicted octanol–water partition coefficient (Wildman–Crippen LogP) is 4.56. The Morgan fingerprint density at radius 2 is 1.90 bits per heavy atom. The molecule has 2 rings (SSSR count). The Morgan fingerprint density at radius 3 is 2.60 bits per heavy atom. The third kappa shape index (κ3) is 3.60. The van der Waals surface area contributed by atoms with E-state index < -0.39 is 6.10 Å². The van der Waals surface area contributed by atoms with Crippen molar-refractivity contribution < 1.29 is 9.53 Å². The van der Waals surface area contributed by atoms with Gasteiger partial charge in [-0.1, -0.05) is 23.8 Å². The van der Waals surface area contributed by atoms with Gasteiger partial charge in [0.15, 0.2) is 6.10 Å². The lowest BCUT2D eigenvalue weighted by molar-refractivity contribution is 0.0817. The molecule has 0 aromatic heterocycles. The highest BCUT2D eigenvalue weighted by molar-refractivity contribution is 14.1. The largest absolute Gasteiger partial charge is 0.483 e. The van der Waals surface area contributed by atoms with Crippen LogP contribution in [0, 0.1) is 17.4 Å². The highest BCUT2D eigenvalue weighted by Crippen LogP contribution is 2.19. The Balaban J connectivity index is 2.18. The Hall–Kier alpha value is -1.36. The molecule has 0 radical (unpaired) electrons. The first kappa shape index (κ1) is 15.0. The lowest BCUT2D eigenvalue weighted by Gasteiger charge is -2.15. The number of hydrogen-bond donors (Lipinski definition) is 0. The number of halogens is 1. The molecule has 3 heteroatoms. The SMILES string of the molecule is Cc1ccc(C)c(C(=O)C(C)Oc2cccc(I)c2)c1. The highest BCUT2D eigenvalue weighted by atomic mass is 127. The highest BCUT2D eigenvalue weighted by Gasteiger charge is 2.18. The van der Waals surface area contributed by atoms with Gasteiger partial charge in [0.25, 0.3) is 0 Å². The second-order valence-corrected chi connectivity index (χ2v) is 6.15. The van der Waals surface area contributed by atoms with Crippen LogP contribution in [0.1, 0.15) is 28.4 Å². The maximum Gasteiger partial charge on any atom is 0.203 e. The molecular weight excluding hydrogens is 363 g/mol. The van der Waals surface area contributed by atoms with E-state index in [0.717, 1.165) is 26.0 Å². The van der Waals surface area contributed by atoms with Crippen molar-refractivity contribution in [3.63, 3.8) is 0 Å². The van der Waals surface area contributed by atoms with Crippen LogP contribution in [0.15, 0.2) is 42.5 Å². The molecule has 0 spiro atoms. The molecule has 0 N–H and O–H groups in total. The number of carbonyl (C=O) groups excluding carboxylic acids is 1. The lowest BCUT2D eigenvalue weighted by atomic mass is 9.99. The van der Waals surface area contributed by atoms with Gasteiger partial charge < -0.3 is 4.74 Å². The van der Waals surface area contributed by atoms with Crippen molar-refractivity contribution in [1.82, 2.24) is 0 Å². The van der Waals surface area contributed by atoms with Crippen molar-refractivity contribution in [2.45, 2.75) is 26.9 Å². The fraction of sp³-hybridized carbons (Fsp3) is 0.235. The maximum absolute atomic E-state index is 12.5. The average molecular weight is 380 g/mol. The van der Waals surface area contributed by atoms with Gasteiger partial charge in [0, 0.05) is 9.13 Å². The van der Waals surface area contributed by atoms with Crippen molar-refractivity contribution in [3.05, 3.63) is 62.7 Å². The fourth-order valence-electron chi connectivity index (χ4n) is 2.02. The Bertz CT molecular complexity index is 635. The fourth-order valence-corrected chi connectivity index (χ4v) is 2.53. The molecule has 0 saturated heterocycles. The third-order valence-corrected chi connectivity index (χ3v) is 3.81. The molecule has 2 aromatic carbocycles. The van der Waals surface area contributed by atoms with Crippen LogP contribution in [0.3, 0.4) is 0 Å². The molecule has 20 heavy (non-hydrogen) atoms. The van der Waals surface area contributed by atoms with Crippen LogP contribution >= 0.6 is 22.6 Å². The number of aryl methyl sites for hydroxylation is 2. The van der Waals surface area contributed by atoms with Gasteiger partial charge >= 0.3 is 0 Å². The van der Waals surface area contributed by atoms with Gasteiger partial charge in [-0.3, -0.25) is 4.79 Å². The summed E-state index contributed by atoms with van der Waals surface area (Å²) in [6.07, 6.45) is -0.492. The summed E-state index contributed by atoms with van der Waals surface area (Å²) in [6, 6.07) is 13.6. The summed E-state index contributed by atoms with van der Waals surface area (Å²) < 4.78 is 6.84. The summed E-state index contributed by atoms with van der Waals surface area (Å²) in [5, 5.41) is 0. The van der Waals surface area contributed by atoms with Gasteiger partial charge in [-0.15, -0.1) is 0 Å². The molecule has 0 amide bonds. The first-order chi connectivity index (χ1) is 9.47. The molecule has 2 aromatic rings. The molecule has 0 aliphatic heterocycles. The zero-order chi connectivity index (χ0) is 14.7. The Morgan fingerprint density at radius 1 is 1.15 bits per heavy atom. The second kappa shape index (κ2) is 6.39. The van der Waals surface area contributed by atoms with Crippen LogP contribution < -0.4 is 4.74 Å². The van der Waals surface area contributed by atoms with Crippen molar-refractivity contribution in [2.75, 3.05) is 0 Å². The van der Waals surface area contributed by atoms with Gasteiger partial charge in [0.05, 0.1) is 0 Å². The minimum Gasteiger partial charge on any atom is -0.483 e. The van der Waals surface area contributed by atoms with Crippen LogP contribution in [-0.2, 0) is 0 Å². The van der Waals surface area contributed by atoms with Crippen LogP contribution in [-0.4, -0.2) is 11.9 Å². The second-order valence-electron chi connectivity index (χ2n) is 4.90. The smallest absolute Gasteiger partial charge is 0.203 e. The summed E-state index contributed by atoms with van der Waals surface area (Å²) >= 11 is 2.23. The van der Waals surface area contributed by atoms with E-state index in [1.807, 2.05) is 56.3 Å². The van der Waals surface area contributed by atoms with Crippen LogP contribution in [0.5, 0.6) is 5.75 Å². The van der Waals surface area contributed by atoms with Gasteiger partial charge in [-0.2, -0.15) is 0 Å². The monoisotopic (exact) mass is 380 g/mol. The number of hydrogen-bond acceptors (Lipinski definition) is 2. The number of ketones is 1. The first-order valence-electron chi connectivity index (χ1n) is 6.51. The summed E-state index contributed by atoms with van der Waals surface area (Å²) in [5.74, 6) is 0.744. The first-order valence-corrected chi connectivity index (χ1v) is 7.59. The molecule has 1 unspecified atom stereocenters. The molecule has 0 aliphatic carbocycles. The Kier molecular flexibility index (Phi) is 4.81. The van der Waals surface area contributed by atoms with Crippen molar-refractivity contribution in [2.24, 2.45) is 0 Å². The van der Waals surface area contributed by atoms with Gasteiger partial charge in [0.1, 0.15) is 5.75 Å². The average Bonchev–Trinajstić information content (AvgIpc) is 2.40. The number of carbonyl (C=O) groups is 1. The molecule has 104 valence electrons. The third-order valence-electron chi connectivity index (χ3n) is 3.14. The summed E-state index contributed by atoms with van der Waals surface area (Å²) in [7, 11) is 0. The molecule has 0 saturated carbocycles. The standard InChI is InChI=1S/C17H17IO2/c1-11-7-8-12(2)16(9-11)17(19)13(3)20-15-6-4-5-14(18)10-15/h4-10,13H,1-3H3. The number of rotatable bonds is 4. The topological polar surface area (TPSA) is 26.3 Å². The zero-order valence-electron chi connectivity index (χ0n) is 11.8. The number of ether oxygens (including phenoxy) is 1. The minimum atomic E-state index is -0.492. The molecule has 1 atom stereocenters. The van der Waals surface area contributed by atoms with E-state index in [2.05, 4.69) is 22.6 Å². The molecule has 0 aliphatic rings. The van der Waals surface area contributed by atoms with Crippen molar-refractivity contribution in [1.29, 1.82) is 0 Å². The van der Waals surface area contributed by atoms with Crippen LogP contribution in [0.25, 0.3) is 0 Å². The molecular formula is C17H17IO2. The summed E-state index contributed by atoms with van der Waals surface area (Å²) in [5.41, 5.74) is 2.81. The van der Waals surface area contributed by atoms with E-state index in [1.54, 1.807) is 6.92 Å². The van der Waals surface area contributed by atoms with Gasteiger partial charge in [-0.25, -0.2) is 0 Å². The van der Waals surface area contributed by atoms with Crippen LogP contribution in [0.4, 0.5) is 0 Å². The van der Waals surface area contributed by atoms with Gasteiger partial charge in [0.2, 0.25) is 5.78 Å². The van der Waals surface area contributed by atoms with E-state index in [4.69, 9.17) is 4.74 Å². The van der Waals surface area contributed by atoms with E-state index in [-0.39, 0.29) is 5.78 Å². The van der Waals surface area contributed by atoms with E-state index in [9.17, 15) is 4.79 Å². The van der Waals surface area contributed by atoms with E-state index >= 15 is 0 Å². The lowest BCUT2D eigenvalue weighted by Crippen LogP contribution is -2.24. The zero-order valence-corrected chi connectivity index (χ0v) is 14.0. The molecule has 0 heterocycles. The van der Waals surface area contributed by atoms with Gasteiger partial charge in [-0.05, 0) is 73.2 Å². The minimum absolute atomic E-state index is 0.0186. The van der Waals surface area contributed by atoms with Crippen LogP contribution in [0.2, 0.25) is 0 Å². The van der Waals surface area contributed by atoms with E-state index in [1.165, 1.54) is 0 Å². The summed E-state index contributed by atoms with van der Waals surface area (Å²) in [6.45, 7) is 5.73. The Labute approximate surface area is 133 Å². The normalized spacial score (nSPS) is 12.0. The maximum atomic E-state index is 12.5. The quantitative estimate of drug-likeness (QED) is 0.574. The van der Waals surface area contributed by atoms with Crippen molar-refractivity contribution in [3.8, 4) is 5.75 Å². The predicted molar refractivity (Wildman–Crippen MR) is 89.5 cm³/mol. The summed E-state index contributed by atoms with van der Waals surface area (Å²) in [4.78, 5) is 12.5. The number of Topliss-reactive ketones (excluding diaryl/α,β-unsaturated/α-hetero) is 1.